The van der Waals surface area contributed by atoms with Gasteiger partial charge in [0.2, 0.25) is 0 Å². The quantitative estimate of drug-likeness (QED) is 0.558. The smallest absolute Gasteiger partial charge is 0.0580 e. The summed E-state index contributed by atoms with van der Waals surface area (Å²) < 4.78 is 0. The van der Waals surface area contributed by atoms with E-state index >= 15 is 0 Å². The minimum Gasteiger partial charge on any atom is -0.106 e. The Morgan fingerprint density at radius 1 is 1.09 bits per heavy atom. The first-order valence-corrected chi connectivity index (χ1v) is 5.61. The maximum absolute atomic E-state index is 5.80. The molecule has 0 aliphatic heterocycles. The zero-order valence-corrected chi connectivity index (χ0v) is 9.12. The van der Waals surface area contributed by atoms with Crippen LogP contribution in [0.4, 0.5) is 0 Å². The summed E-state index contributed by atoms with van der Waals surface area (Å²) in [5, 5.41) is 1.59. The molecule has 1 aromatic rings. The largest absolute Gasteiger partial charge is 0.106 e. The third kappa shape index (κ3) is 2.36. The van der Waals surface area contributed by atoms with Gasteiger partial charge in [0.25, 0.3) is 0 Å². The molecule has 0 radical (unpaired) electrons. The summed E-state index contributed by atoms with van der Waals surface area (Å²) in [4.78, 5) is 0.737. The van der Waals surface area contributed by atoms with E-state index in [0.29, 0.717) is 15.1 Å². The minimum atomic E-state index is 0.530. The molecule has 5 heteroatoms. The number of benzene rings is 1. The van der Waals surface area contributed by atoms with Crippen LogP contribution < -0.4 is 0 Å². The normalized spacial score (nSPS) is 10.2. The van der Waals surface area contributed by atoms with Gasteiger partial charge in [-0.2, -0.15) is 0 Å². The summed E-state index contributed by atoms with van der Waals surface area (Å²) in [6, 6.07) is 3.26. The molecule has 60 valence electrons. The van der Waals surface area contributed by atoms with Gasteiger partial charge < -0.3 is 0 Å². The Morgan fingerprint density at radius 2 is 1.55 bits per heavy atom. The lowest BCUT2D eigenvalue weighted by Crippen LogP contribution is -1.74. The fourth-order valence-corrected chi connectivity index (χ4v) is 2.87. The monoisotopic (exact) mass is 244 g/mol. The molecule has 11 heavy (non-hydrogen) atoms. The van der Waals surface area contributed by atoms with Crippen LogP contribution in [0.3, 0.4) is 0 Å². The van der Waals surface area contributed by atoms with Crippen LogP contribution in [-0.2, 0) is 0 Å². The van der Waals surface area contributed by atoms with Crippen molar-refractivity contribution in [2.75, 3.05) is 0 Å². The number of hydrogen-bond acceptors (Lipinski definition) is 2. The Balaban J connectivity index is 3.25. The summed E-state index contributed by atoms with van der Waals surface area (Å²) in [5.74, 6) is 0. The average Bonchev–Trinajstić information content (AvgIpc) is 1.85. The van der Waals surface area contributed by atoms with Gasteiger partial charge in [0.05, 0.1) is 14.9 Å². The highest BCUT2D eigenvalue weighted by atomic mass is 35.5. The summed E-state index contributed by atoms with van der Waals surface area (Å²) in [5.41, 5.74) is 0. The Kier molecular flexibility index (Phi) is 3.72. The Bertz CT molecular complexity index is 252. The molecule has 0 heterocycles. The van der Waals surface area contributed by atoms with Crippen molar-refractivity contribution in [3.05, 3.63) is 27.2 Å². The summed E-state index contributed by atoms with van der Waals surface area (Å²) in [6.07, 6.45) is 0. The van der Waals surface area contributed by atoms with E-state index < -0.39 is 0 Å². The molecule has 0 spiro atoms. The highest BCUT2D eigenvalue weighted by molar-refractivity contribution is 8.68. The zero-order valence-electron chi connectivity index (χ0n) is 5.14. The molecule has 0 amide bonds. The Hall–Kier alpha value is 0.790. The van der Waals surface area contributed by atoms with Crippen molar-refractivity contribution in [3.8, 4) is 0 Å². The third-order valence-corrected chi connectivity index (χ3v) is 3.26. The van der Waals surface area contributed by atoms with Crippen LogP contribution in [0, 0.1) is 0 Å². The lowest BCUT2D eigenvalue weighted by Gasteiger charge is -2.02. The van der Waals surface area contributed by atoms with Gasteiger partial charge in [0.1, 0.15) is 0 Å². The molecule has 0 aliphatic carbocycles. The van der Waals surface area contributed by atoms with Crippen molar-refractivity contribution < 1.29 is 0 Å². The maximum atomic E-state index is 5.80. The summed E-state index contributed by atoms with van der Waals surface area (Å²) >= 11 is 21.3. The van der Waals surface area contributed by atoms with E-state index in [1.807, 2.05) is 0 Å². The second kappa shape index (κ2) is 4.15. The van der Waals surface area contributed by atoms with E-state index in [1.165, 1.54) is 10.8 Å². The standard InChI is InChI=1S/C6H3Cl3S2/c7-3-1-4(8)6(11-10)5(9)2-3/h1-2,10H. The van der Waals surface area contributed by atoms with Crippen LogP contribution in [0.25, 0.3) is 0 Å². The van der Waals surface area contributed by atoms with Crippen LogP contribution >= 0.6 is 57.3 Å². The summed E-state index contributed by atoms with van der Waals surface area (Å²) in [7, 11) is 1.20. The molecule has 0 atom stereocenters. The van der Waals surface area contributed by atoms with Crippen molar-refractivity contribution in [2.45, 2.75) is 4.90 Å². The van der Waals surface area contributed by atoms with E-state index in [-0.39, 0.29) is 0 Å². The van der Waals surface area contributed by atoms with Crippen molar-refractivity contribution in [1.82, 2.24) is 0 Å². The van der Waals surface area contributed by atoms with E-state index in [2.05, 4.69) is 11.7 Å². The highest BCUT2D eigenvalue weighted by Gasteiger charge is 2.05. The molecular weight excluding hydrogens is 243 g/mol. The van der Waals surface area contributed by atoms with Gasteiger partial charge in [-0.3, -0.25) is 0 Å². The lowest BCUT2D eigenvalue weighted by atomic mass is 10.4. The van der Waals surface area contributed by atoms with E-state index in [0.717, 1.165) is 4.90 Å². The predicted octanol–water partition coefficient (Wildman–Crippen LogP) is 4.58. The molecule has 0 unspecified atom stereocenters. The molecule has 0 saturated carbocycles. The van der Waals surface area contributed by atoms with Crippen molar-refractivity contribution in [1.29, 1.82) is 0 Å². The van der Waals surface area contributed by atoms with Gasteiger partial charge in [0.15, 0.2) is 0 Å². The molecule has 0 N–H and O–H groups in total. The number of thiol groups is 1. The number of halogens is 3. The van der Waals surface area contributed by atoms with Gasteiger partial charge >= 0.3 is 0 Å². The summed E-state index contributed by atoms with van der Waals surface area (Å²) in [6.45, 7) is 0. The van der Waals surface area contributed by atoms with Crippen molar-refractivity contribution in [2.24, 2.45) is 0 Å². The fourth-order valence-electron chi connectivity index (χ4n) is 0.616. The van der Waals surface area contributed by atoms with E-state index in [9.17, 15) is 0 Å². The SMILES string of the molecule is SSc1c(Cl)cc(Cl)cc1Cl. The second-order valence-corrected chi connectivity index (χ2v) is 4.18. The molecule has 1 aromatic carbocycles. The molecule has 0 nitrogen and oxygen atoms in total. The van der Waals surface area contributed by atoms with Crippen LogP contribution in [0.2, 0.25) is 15.1 Å². The van der Waals surface area contributed by atoms with Crippen LogP contribution in [0.5, 0.6) is 0 Å². The Morgan fingerprint density at radius 3 is 1.91 bits per heavy atom. The molecular formula is C6H3Cl3S2. The van der Waals surface area contributed by atoms with Crippen LogP contribution in [0.1, 0.15) is 0 Å². The molecule has 0 fully saturated rings. The topological polar surface area (TPSA) is 0 Å². The molecule has 0 bridgehead atoms. The first-order chi connectivity index (χ1) is 5.15. The maximum Gasteiger partial charge on any atom is 0.0580 e. The first-order valence-electron chi connectivity index (χ1n) is 2.61. The van der Waals surface area contributed by atoms with Gasteiger partial charge in [0, 0.05) is 5.02 Å². The highest BCUT2D eigenvalue weighted by Crippen LogP contribution is 2.37. The minimum absolute atomic E-state index is 0.530. The van der Waals surface area contributed by atoms with E-state index in [1.54, 1.807) is 12.1 Å². The third-order valence-electron chi connectivity index (χ3n) is 1.05. The van der Waals surface area contributed by atoms with Gasteiger partial charge in [-0.1, -0.05) is 45.6 Å². The van der Waals surface area contributed by atoms with Crippen LogP contribution in [-0.4, -0.2) is 0 Å². The molecule has 1 rings (SSSR count). The van der Waals surface area contributed by atoms with Crippen molar-refractivity contribution in [3.63, 3.8) is 0 Å². The van der Waals surface area contributed by atoms with Gasteiger partial charge in [-0.25, -0.2) is 0 Å². The average molecular weight is 246 g/mol. The molecule has 0 aromatic heterocycles. The van der Waals surface area contributed by atoms with Gasteiger partial charge in [-0.15, -0.1) is 11.7 Å². The fraction of sp³-hybridized carbons (Fsp3) is 0. The van der Waals surface area contributed by atoms with Crippen LogP contribution in [0.15, 0.2) is 17.0 Å². The lowest BCUT2D eigenvalue weighted by molar-refractivity contribution is 1.47. The molecule has 0 aliphatic rings. The molecule has 0 saturated heterocycles. The first kappa shape index (κ1) is 9.87. The number of rotatable bonds is 1. The number of hydrogen-bond donors (Lipinski definition) is 1. The zero-order chi connectivity index (χ0) is 8.43. The van der Waals surface area contributed by atoms with Crippen molar-refractivity contribution >= 4 is 57.3 Å². The van der Waals surface area contributed by atoms with E-state index in [4.69, 9.17) is 34.8 Å². The van der Waals surface area contributed by atoms with Gasteiger partial charge in [-0.05, 0) is 12.1 Å². The Labute approximate surface area is 89.0 Å². The second-order valence-electron chi connectivity index (χ2n) is 1.79. The predicted molar refractivity (Wildman–Crippen MR) is 56.3 cm³/mol.